The van der Waals surface area contributed by atoms with Gasteiger partial charge < -0.3 is 22.1 Å². The van der Waals surface area contributed by atoms with E-state index in [1.165, 1.54) is 0 Å². The molecule has 0 saturated carbocycles. The molecule has 0 atom stereocenters. The lowest BCUT2D eigenvalue weighted by atomic mass is 10.2. The van der Waals surface area contributed by atoms with E-state index < -0.39 is 6.03 Å². The van der Waals surface area contributed by atoms with Gasteiger partial charge in [-0.3, -0.25) is 0 Å². The van der Waals surface area contributed by atoms with Gasteiger partial charge in [-0.25, -0.2) is 4.79 Å². The molecule has 0 radical (unpaired) electrons. The number of amides is 2. The van der Waals surface area contributed by atoms with E-state index in [0.717, 1.165) is 5.69 Å². The van der Waals surface area contributed by atoms with Crippen molar-refractivity contribution in [2.75, 3.05) is 24.1 Å². The second-order valence-electron chi connectivity index (χ2n) is 3.13. The summed E-state index contributed by atoms with van der Waals surface area (Å²) in [5.74, 6) is 0. The van der Waals surface area contributed by atoms with E-state index in [-0.39, 0.29) is 0 Å². The molecule has 0 fully saturated rings. The Morgan fingerprint density at radius 2 is 2.19 bits per heavy atom. The largest absolute Gasteiger partial charge is 0.398 e. The molecule has 1 aromatic carbocycles. The fourth-order valence-electron chi connectivity index (χ4n) is 1.17. The van der Waals surface area contributed by atoms with Gasteiger partial charge in [-0.2, -0.15) is 5.26 Å². The van der Waals surface area contributed by atoms with Crippen molar-refractivity contribution in [3.63, 3.8) is 0 Å². The van der Waals surface area contributed by atoms with Crippen LogP contribution >= 0.6 is 0 Å². The zero-order valence-electron chi connectivity index (χ0n) is 8.66. The van der Waals surface area contributed by atoms with Crippen molar-refractivity contribution in [2.45, 2.75) is 0 Å². The van der Waals surface area contributed by atoms with Crippen molar-refractivity contribution in [1.29, 1.82) is 5.26 Å². The number of benzene rings is 1. The first-order valence-corrected chi connectivity index (χ1v) is 4.70. The summed E-state index contributed by atoms with van der Waals surface area (Å²) >= 11 is 0. The number of rotatable bonds is 4. The molecule has 0 heterocycles. The van der Waals surface area contributed by atoms with Crippen LogP contribution in [0.4, 0.5) is 16.2 Å². The molecule has 0 saturated heterocycles. The van der Waals surface area contributed by atoms with Crippen LogP contribution in [-0.4, -0.2) is 19.1 Å². The topological polar surface area (TPSA) is 117 Å². The Hall–Kier alpha value is -2.42. The van der Waals surface area contributed by atoms with Crippen LogP contribution in [0.3, 0.4) is 0 Å². The van der Waals surface area contributed by atoms with Crippen molar-refractivity contribution in [3.8, 4) is 6.07 Å². The van der Waals surface area contributed by atoms with Crippen LogP contribution in [0, 0.1) is 11.3 Å². The first-order valence-electron chi connectivity index (χ1n) is 4.70. The van der Waals surface area contributed by atoms with Gasteiger partial charge in [0.2, 0.25) is 0 Å². The molecule has 0 spiro atoms. The predicted molar refractivity (Wildman–Crippen MR) is 61.6 cm³/mol. The molecule has 1 rings (SSSR count). The van der Waals surface area contributed by atoms with E-state index in [9.17, 15) is 4.79 Å². The number of urea groups is 1. The summed E-state index contributed by atoms with van der Waals surface area (Å²) in [6.45, 7) is 0.962. The fraction of sp³-hybridized carbons (Fsp3) is 0.200. The highest BCUT2D eigenvalue weighted by Gasteiger charge is 1.99. The van der Waals surface area contributed by atoms with Crippen molar-refractivity contribution in [1.82, 2.24) is 5.32 Å². The molecule has 6 N–H and O–H groups in total. The molecular weight excluding hydrogens is 206 g/mol. The summed E-state index contributed by atoms with van der Waals surface area (Å²) in [4.78, 5) is 10.4. The summed E-state index contributed by atoms with van der Waals surface area (Å²) in [5.41, 5.74) is 12.2. The number of nitrogens with zero attached hydrogens (tertiary/aromatic N) is 1. The first kappa shape index (κ1) is 11.7. The van der Waals surface area contributed by atoms with E-state index in [1.807, 2.05) is 6.07 Å². The lowest BCUT2D eigenvalue weighted by Gasteiger charge is -2.07. The molecule has 6 nitrogen and oxygen atoms in total. The maximum absolute atomic E-state index is 10.4. The van der Waals surface area contributed by atoms with Crippen LogP contribution < -0.4 is 22.1 Å². The standard InChI is InChI=1S/C10H13N5O/c11-6-7-1-2-8(5-9(7)12)14-3-4-15-10(13)16/h1-2,5,14H,3-4,12H2,(H3,13,15,16). The number of nitrogens with one attached hydrogen (secondary N) is 2. The Bertz CT molecular complexity index is 424. The maximum atomic E-state index is 10.4. The number of primary amides is 1. The number of hydrogen-bond donors (Lipinski definition) is 4. The van der Waals surface area contributed by atoms with Crippen LogP contribution in [0.25, 0.3) is 0 Å². The van der Waals surface area contributed by atoms with Gasteiger partial charge in [-0.15, -0.1) is 0 Å². The van der Waals surface area contributed by atoms with E-state index in [4.69, 9.17) is 16.7 Å². The lowest BCUT2D eigenvalue weighted by Crippen LogP contribution is -2.33. The number of nitrogens with two attached hydrogens (primary N) is 2. The van der Waals surface area contributed by atoms with Crippen molar-refractivity contribution >= 4 is 17.4 Å². The fourth-order valence-corrected chi connectivity index (χ4v) is 1.17. The maximum Gasteiger partial charge on any atom is 0.312 e. The zero-order chi connectivity index (χ0) is 12.0. The van der Waals surface area contributed by atoms with Crippen molar-refractivity contribution in [3.05, 3.63) is 23.8 Å². The zero-order valence-corrected chi connectivity index (χ0v) is 8.66. The molecule has 16 heavy (non-hydrogen) atoms. The third-order valence-corrected chi connectivity index (χ3v) is 1.93. The number of anilines is 2. The van der Waals surface area contributed by atoms with Crippen LogP contribution in [0.15, 0.2) is 18.2 Å². The second kappa shape index (κ2) is 5.46. The van der Waals surface area contributed by atoms with Gasteiger partial charge in [0.15, 0.2) is 0 Å². The summed E-state index contributed by atoms with van der Waals surface area (Å²) < 4.78 is 0. The molecule has 6 heteroatoms. The molecule has 0 aliphatic carbocycles. The molecular formula is C10H13N5O. The molecule has 0 bridgehead atoms. The molecule has 0 aliphatic rings. The highest BCUT2D eigenvalue weighted by molar-refractivity contribution is 5.71. The van der Waals surface area contributed by atoms with Gasteiger partial charge in [-0.1, -0.05) is 0 Å². The molecule has 0 aromatic heterocycles. The summed E-state index contributed by atoms with van der Waals surface area (Å²) in [7, 11) is 0. The Labute approximate surface area is 93.2 Å². The lowest BCUT2D eigenvalue weighted by molar-refractivity contribution is 0.249. The Kier molecular flexibility index (Phi) is 3.98. The average Bonchev–Trinajstić information content (AvgIpc) is 2.24. The third-order valence-electron chi connectivity index (χ3n) is 1.93. The summed E-state index contributed by atoms with van der Waals surface area (Å²) in [6.07, 6.45) is 0. The van der Waals surface area contributed by atoms with Gasteiger partial charge in [-0.05, 0) is 18.2 Å². The smallest absolute Gasteiger partial charge is 0.312 e. The predicted octanol–water partition coefficient (Wildman–Crippen LogP) is 0.221. The van der Waals surface area contributed by atoms with E-state index in [1.54, 1.807) is 18.2 Å². The van der Waals surface area contributed by atoms with Gasteiger partial charge in [0.05, 0.1) is 11.3 Å². The number of carbonyl (C=O) groups excluding carboxylic acids is 1. The van der Waals surface area contributed by atoms with E-state index in [0.29, 0.717) is 24.3 Å². The molecule has 0 unspecified atom stereocenters. The van der Waals surface area contributed by atoms with Gasteiger partial charge in [0, 0.05) is 18.8 Å². The first-order chi connectivity index (χ1) is 7.63. The van der Waals surface area contributed by atoms with Crippen LogP contribution in [0.5, 0.6) is 0 Å². The van der Waals surface area contributed by atoms with Crippen molar-refractivity contribution < 1.29 is 4.79 Å². The third kappa shape index (κ3) is 3.38. The average molecular weight is 219 g/mol. The van der Waals surface area contributed by atoms with Crippen LogP contribution in [0.1, 0.15) is 5.56 Å². The molecule has 1 aromatic rings. The number of hydrogen-bond acceptors (Lipinski definition) is 4. The Balaban J connectivity index is 2.47. The number of carbonyl (C=O) groups is 1. The van der Waals surface area contributed by atoms with E-state index in [2.05, 4.69) is 10.6 Å². The minimum absolute atomic E-state index is 0.426. The molecule has 84 valence electrons. The number of nitrogen functional groups attached to an aromatic ring is 1. The normalized spacial score (nSPS) is 9.19. The summed E-state index contributed by atoms with van der Waals surface area (Å²) in [5, 5.41) is 14.2. The van der Waals surface area contributed by atoms with Gasteiger partial charge in [0.25, 0.3) is 0 Å². The summed E-state index contributed by atoms with van der Waals surface area (Å²) in [6, 6.07) is 6.48. The molecule has 2 amide bonds. The second-order valence-corrected chi connectivity index (χ2v) is 3.13. The monoisotopic (exact) mass is 219 g/mol. The van der Waals surface area contributed by atoms with Crippen LogP contribution in [-0.2, 0) is 0 Å². The Morgan fingerprint density at radius 3 is 2.75 bits per heavy atom. The highest BCUT2D eigenvalue weighted by Crippen LogP contribution is 2.16. The van der Waals surface area contributed by atoms with Crippen LogP contribution in [0.2, 0.25) is 0 Å². The van der Waals surface area contributed by atoms with E-state index >= 15 is 0 Å². The Morgan fingerprint density at radius 1 is 1.44 bits per heavy atom. The van der Waals surface area contributed by atoms with Crippen molar-refractivity contribution in [2.24, 2.45) is 5.73 Å². The van der Waals surface area contributed by atoms with Gasteiger partial charge >= 0.3 is 6.03 Å². The molecule has 0 aliphatic heterocycles. The SMILES string of the molecule is N#Cc1ccc(NCCNC(N)=O)cc1N. The van der Waals surface area contributed by atoms with Gasteiger partial charge in [0.1, 0.15) is 6.07 Å². The minimum atomic E-state index is -0.554. The quantitative estimate of drug-likeness (QED) is 0.428. The highest BCUT2D eigenvalue weighted by atomic mass is 16.2. The number of nitriles is 1. The minimum Gasteiger partial charge on any atom is -0.398 e.